The highest BCUT2D eigenvalue weighted by molar-refractivity contribution is 5.64. The number of aromatic nitrogens is 2. The molecule has 0 atom stereocenters. The van der Waals surface area contributed by atoms with E-state index in [-0.39, 0.29) is 16.6 Å². The SMILES string of the molecule is Cc1ccc(-c2cc(CNc3cc(C(C)(C)C)c4c(c3)C(C)(C)CO4)nn2-c2ccc(F)cc2)cc1. The molecule has 0 aliphatic carbocycles. The summed E-state index contributed by atoms with van der Waals surface area (Å²) < 4.78 is 21.6. The average molecular weight is 484 g/mol. The Bertz CT molecular complexity index is 1330. The minimum atomic E-state index is -0.261. The van der Waals surface area contributed by atoms with Crippen LogP contribution in [-0.2, 0) is 17.4 Å². The number of aryl methyl sites for hydroxylation is 1. The van der Waals surface area contributed by atoms with Gasteiger partial charge in [-0.1, -0.05) is 64.4 Å². The second-order valence-electron chi connectivity index (χ2n) is 11.5. The first-order valence-electron chi connectivity index (χ1n) is 12.5. The van der Waals surface area contributed by atoms with Gasteiger partial charge in [0, 0.05) is 27.8 Å². The van der Waals surface area contributed by atoms with Crippen LogP contribution in [0.4, 0.5) is 10.1 Å². The highest BCUT2D eigenvalue weighted by Crippen LogP contribution is 2.46. The predicted molar refractivity (Wildman–Crippen MR) is 145 cm³/mol. The van der Waals surface area contributed by atoms with E-state index in [0.29, 0.717) is 13.2 Å². The molecule has 5 heteroatoms. The molecular weight excluding hydrogens is 449 g/mol. The van der Waals surface area contributed by atoms with Crippen molar-refractivity contribution in [3.63, 3.8) is 0 Å². The van der Waals surface area contributed by atoms with Crippen molar-refractivity contribution in [1.29, 1.82) is 0 Å². The molecular formula is C31H34FN3O. The minimum absolute atomic E-state index is 0.0319. The molecule has 5 rings (SSSR count). The maximum absolute atomic E-state index is 13.6. The molecule has 0 fully saturated rings. The number of ether oxygens (including phenoxy) is 1. The topological polar surface area (TPSA) is 39.1 Å². The molecule has 0 unspecified atom stereocenters. The van der Waals surface area contributed by atoms with E-state index in [0.717, 1.165) is 34.1 Å². The van der Waals surface area contributed by atoms with Gasteiger partial charge in [-0.3, -0.25) is 0 Å². The molecule has 186 valence electrons. The van der Waals surface area contributed by atoms with Crippen LogP contribution in [0.3, 0.4) is 0 Å². The van der Waals surface area contributed by atoms with Crippen LogP contribution in [0.5, 0.6) is 5.75 Å². The predicted octanol–water partition coefficient (Wildman–Crippen LogP) is 7.57. The van der Waals surface area contributed by atoms with Gasteiger partial charge in [0.1, 0.15) is 11.6 Å². The van der Waals surface area contributed by atoms with Crippen molar-refractivity contribution in [2.75, 3.05) is 11.9 Å². The zero-order chi connectivity index (χ0) is 25.7. The molecule has 0 spiro atoms. The number of rotatable bonds is 5. The third kappa shape index (κ3) is 4.62. The monoisotopic (exact) mass is 483 g/mol. The van der Waals surface area contributed by atoms with E-state index >= 15 is 0 Å². The van der Waals surface area contributed by atoms with E-state index in [1.165, 1.54) is 28.8 Å². The van der Waals surface area contributed by atoms with E-state index in [1.807, 2.05) is 4.68 Å². The molecule has 0 radical (unpaired) electrons. The Hall–Kier alpha value is -3.60. The summed E-state index contributed by atoms with van der Waals surface area (Å²) in [6.45, 7) is 14.5. The van der Waals surface area contributed by atoms with Crippen molar-refractivity contribution >= 4 is 5.69 Å². The summed E-state index contributed by atoms with van der Waals surface area (Å²) in [4.78, 5) is 0. The van der Waals surface area contributed by atoms with Crippen LogP contribution in [0.15, 0.2) is 66.7 Å². The molecule has 0 amide bonds. The van der Waals surface area contributed by atoms with Gasteiger partial charge in [-0.15, -0.1) is 0 Å². The molecule has 1 N–H and O–H groups in total. The number of nitrogens with one attached hydrogen (secondary N) is 1. The van der Waals surface area contributed by atoms with E-state index in [1.54, 1.807) is 12.1 Å². The Morgan fingerprint density at radius 1 is 1.00 bits per heavy atom. The quantitative estimate of drug-likeness (QED) is 0.318. The molecule has 1 aromatic heterocycles. The largest absolute Gasteiger partial charge is 0.492 e. The lowest BCUT2D eigenvalue weighted by atomic mass is 9.80. The molecule has 3 aromatic carbocycles. The maximum Gasteiger partial charge on any atom is 0.127 e. The van der Waals surface area contributed by atoms with Crippen LogP contribution < -0.4 is 10.1 Å². The van der Waals surface area contributed by atoms with E-state index in [4.69, 9.17) is 9.84 Å². The Labute approximate surface area is 213 Å². The molecule has 0 bridgehead atoms. The Balaban J connectivity index is 1.50. The number of anilines is 1. The number of hydrogen-bond acceptors (Lipinski definition) is 3. The maximum atomic E-state index is 13.6. The van der Waals surface area contributed by atoms with Crippen LogP contribution in [0.1, 0.15) is 57.0 Å². The second kappa shape index (κ2) is 8.81. The minimum Gasteiger partial charge on any atom is -0.492 e. The fraction of sp³-hybridized carbons (Fsp3) is 0.323. The van der Waals surface area contributed by atoms with Crippen LogP contribution >= 0.6 is 0 Å². The van der Waals surface area contributed by atoms with Gasteiger partial charge < -0.3 is 10.1 Å². The first kappa shape index (κ1) is 24.1. The van der Waals surface area contributed by atoms with Gasteiger partial charge >= 0.3 is 0 Å². The molecule has 2 heterocycles. The number of halogens is 1. The van der Waals surface area contributed by atoms with Gasteiger partial charge in [0.15, 0.2) is 0 Å². The molecule has 0 saturated carbocycles. The standard InChI is InChI=1S/C31H34FN3O/c1-20-7-9-21(10-8-20)28-17-24(34-35(28)25-13-11-22(32)12-14-25)18-33-23-15-26(30(2,3)4)29-27(16-23)31(5,6)19-36-29/h7-17,33H,18-19H2,1-6H3. The van der Waals surface area contributed by atoms with Crippen molar-refractivity contribution in [1.82, 2.24) is 9.78 Å². The van der Waals surface area contributed by atoms with E-state index in [9.17, 15) is 4.39 Å². The summed E-state index contributed by atoms with van der Waals surface area (Å²) in [7, 11) is 0. The van der Waals surface area contributed by atoms with Gasteiger partial charge in [-0.2, -0.15) is 5.10 Å². The van der Waals surface area contributed by atoms with Gasteiger partial charge in [0.05, 0.1) is 30.2 Å². The van der Waals surface area contributed by atoms with Crippen molar-refractivity contribution < 1.29 is 9.13 Å². The molecule has 0 saturated heterocycles. The highest BCUT2D eigenvalue weighted by atomic mass is 19.1. The third-order valence-corrected chi connectivity index (χ3v) is 6.86. The summed E-state index contributed by atoms with van der Waals surface area (Å²) in [5, 5.41) is 8.51. The smallest absolute Gasteiger partial charge is 0.127 e. The lowest BCUT2D eigenvalue weighted by Gasteiger charge is -2.24. The zero-order valence-corrected chi connectivity index (χ0v) is 21.9. The van der Waals surface area contributed by atoms with Crippen molar-refractivity contribution in [2.24, 2.45) is 0 Å². The second-order valence-corrected chi connectivity index (χ2v) is 11.5. The van der Waals surface area contributed by atoms with Crippen LogP contribution in [0.2, 0.25) is 0 Å². The lowest BCUT2D eigenvalue weighted by Crippen LogP contribution is -2.18. The Morgan fingerprint density at radius 2 is 1.69 bits per heavy atom. The summed E-state index contributed by atoms with van der Waals surface area (Å²) in [5.41, 5.74) is 8.41. The van der Waals surface area contributed by atoms with E-state index in [2.05, 4.69) is 89.3 Å². The van der Waals surface area contributed by atoms with Gasteiger partial charge in [0.2, 0.25) is 0 Å². The molecule has 1 aliphatic rings. The Kier molecular flexibility index (Phi) is 5.90. The Morgan fingerprint density at radius 3 is 2.36 bits per heavy atom. The number of nitrogens with zero attached hydrogens (tertiary/aromatic N) is 2. The van der Waals surface area contributed by atoms with Crippen molar-refractivity contribution in [2.45, 2.75) is 58.9 Å². The van der Waals surface area contributed by atoms with Crippen LogP contribution in [0, 0.1) is 12.7 Å². The fourth-order valence-electron chi connectivity index (χ4n) is 4.69. The summed E-state index contributed by atoms with van der Waals surface area (Å²) in [6, 6.07) is 21.4. The van der Waals surface area contributed by atoms with Crippen molar-refractivity contribution in [3.8, 4) is 22.7 Å². The third-order valence-electron chi connectivity index (χ3n) is 6.86. The summed E-state index contributed by atoms with van der Waals surface area (Å²) in [5.74, 6) is 0.767. The average Bonchev–Trinajstić information content (AvgIpc) is 3.38. The number of fused-ring (bicyclic) bond motifs is 1. The normalized spacial score (nSPS) is 14.4. The van der Waals surface area contributed by atoms with E-state index < -0.39 is 0 Å². The number of benzene rings is 3. The molecule has 1 aliphatic heterocycles. The molecule has 4 aromatic rings. The summed E-state index contributed by atoms with van der Waals surface area (Å²) >= 11 is 0. The fourth-order valence-corrected chi connectivity index (χ4v) is 4.69. The zero-order valence-electron chi connectivity index (χ0n) is 21.9. The van der Waals surface area contributed by atoms with Crippen LogP contribution in [-0.4, -0.2) is 16.4 Å². The lowest BCUT2D eigenvalue weighted by molar-refractivity contribution is 0.286. The first-order valence-corrected chi connectivity index (χ1v) is 12.5. The molecule has 4 nitrogen and oxygen atoms in total. The number of hydrogen-bond donors (Lipinski definition) is 1. The van der Waals surface area contributed by atoms with Gasteiger partial charge in [-0.25, -0.2) is 9.07 Å². The van der Waals surface area contributed by atoms with Gasteiger partial charge in [0.25, 0.3) is 0 Å². The highest BCUT2D eigenvalue weighted by Gasteiger charge is 2.36. The first-order chi connectivity index (χ1) is 17.0. The van der Waals surface area contributed by atoms with Crippen molar-refractivity contribution in [3.05, 3.63) is 94.9 Å². The van der Waals surface area contributed by atoms with Gasteiger partial charge in [-0.05, 0) is 54.8 Å². The summed E-state index contributed by atoms with van der Waals surface area (Å²) in [6.07, 6.45) is 0. The molecule has 36 heavy (non-hydrogen) atoms. The van der Waals surface area contributed by atoms with Crippen LogP contribution in [0.25, 0.3) is 16.9 Å².